The van der Waals surface area contributed by atoms with Crippen LogP contribution in [0.1, 0.15) is 51.5 Å². The van der Waals surface area contributed by atoms with Crippen molar-refractivity contribution in [3.05, 3.63) is 42.0 Å². The number of ether oxygens (including phenoxy) is 1. The molecule has 2 nitrogen and oxygen atoms in total. The minimum absolute atomic E-state index is 0.347. The number of halogens is 3. The van der Waals surface area contributed by atoms with Crippen LogP contribution in [0.4, 0.5) is 13.2 Å². The fourth-order valence-electron chi connectivity index (χ4n) is 3.76. The first-order valence-corrected chi connectivity index (χ1v) is 12.2. The molecule has 0 radical (unpaired) electrons. The highest BCUT2D eigenvalue weighted by atomic mass is 28.2. The van der Waals surface area contributed by atoms with Gasteiger partial charge < -0.3 is 4.74 Å². The minimum atomic E-state index is -4.24. The maximum atomic E-state index is 12.5. The molecule has 0 aliphatic carbocycles. The quantitative estimate of drug-likeness (QED) is 0.317. The summed E-state index contributed by atoms with van der Waals surface area (Å²) in [5.41, 5.74) is -0.557. The zero-order valence-corrected chi connectivity index (χ0v) is 18.6. The highest BCUT2D eigenvalue weighted by molar-refractivity contribution is 6.53. The van der Waals surface area contributed by atoms with E-state index < -0.39 is 21.3 Å². The molecule has 1 heterocycles. The van der Waals surface area contributed by atoms with Crippen molar-refractivity contribution in [2.45, 2.75) is 70.4 Å². The van der Waals surface area contributed by atoms with E-state index in [0.717, 1.165) is 30.7 Å². The van der Waals surface area contributed by atoms with Crippen LogP contribution in [0.15, 0.2) is 36.4 Å². The first-order chi connectivity index (χ1) is 13.3. The zero-order valence-electron chi connectivity index (χ0n) is 17.2. The Morgan fingerprint density at radius 3 is 2.29 bits per heavy atom. The summed E-state index contributed by atoms with van der Waals surface area (Å²) in [4.78, 5) is 2.52. The van der Waals surface area contributed by atoms with Gasteiger partial charge in [-0.3, -0.25) is 4.90 Å². The topological polar surface area (TPSA) is 12.5 Å². The van der Waals surface area contributed by atoms with Gasteiger partial charge >= 0.3 is 6.18 Å². The first kappa shape index (κ1) is 23.2. The summed E-state index contributed by atoms with van der Waals surface area (Å²) in [5.74, 6) is 0. The molecule has 2 unspecified atom stereocenters. The molecule has 0 bridgehead atoms. The number of nitrogens with zero attached hydrogens (tertiary/aromatic N) is 1. The number of hydrogen-bond acceptors (Lipinski definition) is 2. The molecule has 0 spiro atoms. The number of hydrogen-bond donors (Lipinski definition) is 0. The van der Waals surface area contributed by atoms with Crippen molar-refractivity contribution in [2.24, 2.45) is 0 Å². The maximum Gasteiger partial charge on any atom is 0.416 e. The molecule has 28 heavy (non-hydrogen) atoms. The fraction of sp³-hybridized carbons (Fsp3) is 0.636. The average Bonchev–Trinajstić information content (AvgIpc) is 2.62. The largest absolute Gasteiger partial charge is 0.416 e. The van der Waals surface area contributed by atoms with Crippen LogP contribution in [0.25, 0.3) is 0 Å². The van der Waals surface area contributed by atoms with Crippen LogP contribution < -0.4 is 5.19 Å². The van der Waals surface area contributed by atoms with Crippen molar-refractivity contribution in [3.8, 4) is 0 Å². The summed E-state index contributed by atoms with van der Waals surface area (Å²) in [6.07, 6.45) is 7.01. The van der Waals surface area contributed by atoms with Crippen LogP contribution in [-0.4, -0.2) is 46.3 Å². The van der Waals surface area contributed by atoms with E-state index in [9.17, 15) is 13.2 Å². The van der Waals surface area contributed by atoms with Crippen molar-refractivity contribution < 1.29 is 17.9 Å². The van der Waals surface area contributed by atoms with Gasteiger partial charge in [-0.2, -0.15) is 13.2 Å². The predicted octanol–water partition coefficient (Wildman–Crippen LogP) is 4.53. The third-order valence-electron chi connectivity index (χ3n) is 5.14. The Balaban J connectivity index is 1.48. The molecule has 1 saturated heterocycles. The molecule has 0 saturated carbocycles. The van der Waals surface area contributed by atoms with Crippen LogP contribution in [-0.2, 0) is 10.9 Å². The lowest BCUT2D eigenvalue weighted by molar-refractivity contribution is -0.137. The van der Waals surface area contributed by atoms with Gasteiger partial charge in [-0.15, -0.1) is 0 Å². The Morgan fingerprint density at radius 1 is 1.00 bits per heavy atom. The number of allylic oxidation sites excluding steroid dienone is 2. The average molecular weight is 414 g/mol. The van der Waals surface area contributed by atoms with Crippen LogP contribution in [0, 0.1) is 0 Å². The third-order valence-corrected chi connectivity index (χ3v) is 6.81. The third kappa shape index (κ3) is 8.93. The summed E-state index contributed by atoms with van der Waals surface area (Å²) in [7, 11) is -0.509. The molecule has 2 atom stereocenters. The Morgan fingerprint density at radius 2 is 1.64 bits per heavy atom. The van der Waals surface area contributed by atoms with Crippen molar-refractivity contribution in [1.29, 1.82) is 0 Å². The lowest BCUT2D eigenvalue weighted by Gasteiger charge is -2.35. The second-order valence-corrected chi connectivity index (χ2v) is 9.82. The van der Waals surface area contributed by atoms with Crippen LogP contribution in [0.2, 0.25) is 6.04 Å². The van der Waals surface area contributed by atoms with Gasteiger partial charge in [0.05, 0.1) is 27.3 Å². The molecular formula is C22H34F3NOSi. The minimum Gasteiger partial charge on any atom is -0.373 e. The van der Waals surface area contributed by atoms with E-state index in [0.29, 0.717) is 12.2 Å². The second kappa shape index (κ2) is 11.8. The molecule has 0 aromatic heterocycles. The standard InChI is InChI=1S/C22H34F3NOSi/c1-18-16-26(17-19(2)27-18)14-8-6-4-3-5-7-9-15-28-21-12-10-20(11-13-21)22(23,24)25/h7,9-13,18-19H,3-6,8,14-17,28H2,1-2H3. The van der Waals surface area contributed by atoms with Crippen LogP contribution in [0.5, 0.6) is 0 Å². The van der Waals surface area contributed by atoms with Gasteiger partial charge in [-0.1, -0.05) is 54.4 Å². The van der Waals surface area contributed by atoms with Gasteiger partial charge in [0.25, 0.3) is 0 Å². The van der Waals surface area contributed by atoms with Crippen molar-refractivity contribution in [1.82, 2.24) is 4.90 Å². The summed E-state index contributed by atoms with van der Waals surface area (Å²) < 4.78 is 43.4. The lowest BCUT2D eigenvalue weighted by Crippen LogP contribution is -2.45. The lowest BCUT2D eigenvalue weighted by atomic mass is 10.1. The molecular weight excluding hydrogens is 379 g/mol. The predicted molar refractivity (Wildman–Crippen MR) is 113 cm³/mol. The van der Waals surface area contributed by atoms with Gasteiger partial charge in [0.1, 0.15) is 0 Å². The second-order valence-electron chi connectivity index (χ2n) is 7.92. The molecule has 0 amide bonds. The maximum absolute atomic E-state index is 12.5. The van der Waals surface area contributed by atoms with Crippen molar-refractivity contribution in [2.75, 3.05) is 19.6 Å². The van der Waals surface area contributed by atoms with Crippen LogP contribution >= 0.6 is 0 Å². The molecule has 1 aromatic carbocycles. The summed E-state index contributed by atoms with van der Waals surface area (Å²) in [5, 5.41) is 1.09. The molecule has 1 aromatic rings. The highest BCUT2D eigenvalue weighted by Gasteiger charge is 2.29. The zero-order chi connectivity index (χ0) is 20.4. The number of morpholine rings is 1. The molecule has 1 aliphatic heterocycles. The van der Waals surface area contributed by atoms with E-state index in [1.54, 1.807) is 12.1 Å². The Labute approximate surface area is 170 Å². The number of rotatable bonds is 10. The van der Waals surface area contributed by atoms with E-state index in [2.05, 4.69) is 30.9 Å². The smallest absolute Gasteiger partial charge is 0.373 e. The first-order valence-electron chi connectivity index (χ1n) is 10.5. The Hall–Kier alpha value is -1.11. The number of benzene rings is 1. The van der Waals surface area contributed by atoms with Gasteiger partial charge in [-0.05, 0) is 45.7 Å². The van der Waals surface area contributed by atoms with E-state index in [4.69, 9.17) is 4.74 Å². The summed E-state index contributed by atoms with van der Waals surface area (Å²) >= 11 is 0. The fourth-order valence-corrected chi connectivity index (χ4v) is 5.07. The monoisotopic (exact) mass is 413 g/mol. The molecule has 0 N–H and O–H groups in total. The molecule has 1 fully saturated rings. The van der Waals surface area contributed by atoms with E-state index >= 15 is 0 Å². The van der Waals surface area contributed by atoms with Gasteiger partial charge in [0.2, 0.25) is 0 Å². The van der Waals surface area contributed by atoms with Gasteiger partial charge in [-0.25, -0.2) is 0 Å². The Bertz CT molecular complexity index is 578. The molecule has 6 heteroatoms. The highest BCUT2D eigenvalue weighted by Crippen LogP contribution is 2.28. The van der Waals surface area contributed by atoms with Crippen LogP contribution in [0.3, 0.4) is 0 Å². The summed E-state index contributed by atoms with van der Waals surface area (Å²) in [6, 6.07) is 6.69. The van der Waals surface area contributed by atoms with Crippen molar-refractivity contribution >= 4 is 14.7 Å². The summed E-state index contributed by atoms with van der Waals surface area (Å²) in [6.45, 7) is 7.57. The van der Waals surface area contributed by atoms with Gasteiger partial charge in [0, 0.05) is 13.1 Å². The van der Waals surface area contributed by atoms with E-state index in [1.807, 2.05) is 0 Å². The van der Waals surface area contributed by atoms with E-state index in [1.165, 1.54) is 44.4 Å². The van der Waals surface area contributed by atoms with Gasteiger partial charge in [0.15, 0.2) is 0 Å². The molecule has 1 aliphatic rings. The number of alkyl halides is 3. The Kier molecular flexibility index (Phi) is 9.75. The SMILES string of the molecule is CC1CN(CCCCCCC=CC[SiH2]c2ccc(C(F)(F)F)cc2)CC(C)O1. The number of unbranched alkanes of at least 4 members (excludes halogenated alkanes) is 4. The molecule has 158 valence electrons. The van der Waals surface area contributed by atoms with E-state index in [-0.39, 0.29) is 0 Å². The van der Waals surface area contributed by atoms with Crippen molar-refractivity contribution in [3.63, 3.8) is 0 Å². The normalized spacial score (nSPS) is 21.9. The molecule has 2 rings (SSSR count).